The van der Waals surface area contributed by atoms with Crippen LogP contribution >= 0.6 is 39.7 Å². The molecule has 1 aromatic carbocycles. The predicted octanol–water partition coefficient (Wildman–Crippen LogP) is 5.55. The average molecular weight is 437 g/mol. The molecule has 0 fully saturated rings. The average Bonchev–Trinajstić information content (AvgIpc) is 3.26. The van der Waals surface area contributed by atoms with Crippen molar-refractivity contribution in [1.29, 1.82) is 0 Å². The predicted molar refractivity (Wildman–Crippen MR) is 110 cm³/mol. The lowest BCUT2D eigenvalue weighted by atomic mass is 10.3. The van der Waals surface area contributed by atoms with Crippen LogP contribution in [-0.2, 0) is 0 Å². The summed E-state index contributed by atoms with van der Waals surface area (Å²) in [7, 11) is 0. The quantitative estimate of drug-likeness (QED) is 0.445. The highest BCUT2D eigenvalue weighted by Gasteiger charge is 2.14. The van der Waals surface area contributed by atoms with Crippen LogP contribution in [-0.4, -0.2) is 21.0 Å². The zero-order valence-electron chi connectivity index (χ0n) is 13.7. The highest BCUT2D eigenvalue weighted by molar-refractivity contribution is 8.93. The molecule has 4 rings (SSSR count). The molecule has 0 spiro atoms. The van der Waals surface area contributed by atoms with E-state index in [4.69, 9.17) is 9.72 Å². The highest BCUT2D eigenvalue weighted by Crippen LogP contribution is 2.31. The largest absolute Gasteiger partial charge is 0.494 e. The minimum absolute atomic E-state index is 0. The molecule has 0 saturated heterocycles. The van der Waals surface area contributed by atoms with Gasteiger partial charge in [-0.1, -0.05) is 0 Å². The first-order chi connectivity index (χ1) is 11.7. The number of anilines is 2. The topological polar surface area (TPSA) is 51.5 Å². The van der Waals surface area contributed by atoms with Gasteiger partial charge in [0.1, 0.15) is 11.4 Å². The SMILES string of the molecule is Br.CCOc1ccc(Nc2nc(-c3c(C)nc4sccn34)cs2)cc1. The molecular weight excluding hydrogens is 420 g/mol. The number of thiazole rings is 2. The molecule has 0 saturated carbocycles. The molecule has 0 aliphatic rings. The van der Waals surface area contributed by atoms with Gasteiger partial charge in [-0.25, -0.2) is 9.97 Å². The Bertz CT molecular complexity index is 974. The Hall–Kier alpha value is -1.90. The smallest absolute Gasteiger partial charge is 0.194 e. The minimum Gasteiger partial charge on any atom is -0.494 e. The van der Waals surface area contributed by atoms with Crippen molar-refractivity contribution in [1.82, 2.24) is 14.4 Å². The number of rotatable bonds is 5. The Balaban J connectivity index is 0.00000182. The summed E-state index contributed by atoms with van der Waals surface area (Å²) in [5.74, 6) is 0.873. The van der Waals surface area contributed by atoms with Crippen LogP contribution in [0.25, 0.3) is 16.3 Å². The van der Waals surface area contributed by atoms with E-state index in [1.807, 2.05) is 49.7 Å². The van der Waals surface area contributed by atoms with E-state index in [0.717, 1.165) is 38.6 Å². The van der Waals surface area contributed by atoms with Gasteiger partial charge in [0, 0.05) is 22.6 Å². The van der Waals surface area contributed by atoms with Gasteiger partial charge < -0.3 is 10.1 Å². The Morgan fingerprint density at radius 2 is 1.96 bits per heavy atom. The molecule has 3 heterocycles. The van der Waals surface area contributed by atoms with Gasteiger partial charge in [-0.2, -0.15) is 0 Å². The number of fused-ring (bicyclic) bond motifs is 1. The normalized spacial score (nSPS) is 10.6. The Kier molecular flexibility index (Phi) is 5.41. The van der Waals surface area contributed by atoms with Gasteiger partial charge in [0.2, 0.25) is 0 Å². The molecule has 5 nitrogen and oxygen atoms in total. The second-order valence-corrected chi connectivity index (χ2v) is 6.95. The number of hydrogen-bond acceptors (Lipinski definition) is 6. The number of nitrogens with zero attached hydrogens (tertiary/aromatic N) is 3. The molecule has 4 aromatic rings. The van der Waals surface area contributed by atoms with E-state index in [2.05, 4.69) is 20.1 Å². The number of ether oxygens (including phenoxy) is 1. The third-order valence-electron chi connectivity index (χ3n) is 3.60. The Labute approximate surface area is 164 Å². The number of halogens is 1. The van der Waals surface area contributed by atoms with Crippen molar-refractivity contribution in [3.63, 3.8) is 0 Å². The molecule has 25 heavy (non-hydrogen) atoms. The Morgan fingerprint density at radius 3 is 2.72 bits per heavy atom. The molecule has 0 radical (unpaired) electrons. The van der Waals surface area contributed by atoms with E-state index in [9.17, 15) is 0 Å². The number of imidazole rings is 1. The van der Waals surface area contributed by atoms with Crippen molar-refractivity contribution >= 4 is 55.4 Å². The third-order valence-corrected chi connectivity index (χ3v) is 5.11. The van der Waals surface area contributed by atoms with Gasteiger partial charge in [-0.05, 0) is 38.1 Å². The van der Waals surface area contributed by atoms with Crippen molar-refractivity contribution in [3.8, 4) is 17.1 Å². The number of aromatic nitrogens is 3. The van der Waals surface area contributed by atoms with Crippen LogP contribution in [0.4, 0.5) is 10.8 Å². The van der Waals surface area contributed by atoms with E-state index in [1.165, 1.54) is 0 Å². The first-order valence-electron chi connectivity index (χ1n) is 7.62. The summed E-state index contributed by atoms with van der Waals surface area (Å²) in [6.45, 7) is 4.67. The summed E-state index contributed by atoms with van der Waals surface area (Å²) in [6, 6.07) is 7.90. The Morgan fingerprint density at radius 1 is 1.16 bits per heavy atom. The van der Waals surface area contributed by atoms with Crippen molar-refractivity contribution in [3.05, 3.63) is 46.9 Å². The van der Waals surface area contributed by atoms with Crippen LogP contribution < -0.4 is 10.1 Å². The molecule has 0 aliphatic carbocycles. The molecule has 0 bridgehead atoms. The number of hydrogen-bond donors (Lipinski definition) is 1. The van der Waals surface area contributed by atoms with Crippen LogP contribution in [0.5, 0.6) is 5.75 Å². The monoisotopic (exact) mass is 436 g/mol. The maximum absolute atomic E-state index is 5.46. The van der Waals surface area contributed by atoms with Crippen LogP contribution in [0.3, 0.4) is 0 Å². The standard InChI is InChI=1S/C17H16N4OS2.BrH/c1-3-22-13-6-4-12(5-7-13)19-16-20-14(10-24-16)15-11(2)18-17-21(15)8-9-23-17;/h4-10H,3H2,1-2H3,(H,19,20);1H. The van der Waals surface area contributed by atoms with Crippen LogP contribution in [0.2, 0.25) is 0 Å². The van der Waals surface area contributed by atoms with Gasteiger partial charge in [0.15, 0.2) is 10.1 Å². The second kappa shape index (κ2) is 7.55. The molecule has 1 N–H and O–H groups in total. The number of nitrogens with one attached hydrogen (secondary N) is 1. The zero-order valence-corrected chi connectivity index (χ0v) is 17.1. The molecule has 3 aromatic heterocycles. The fraction of sp³-hybridized carbons (Fsp3) is 0.176. The summed E-state index contributed by atoms with van der Waals surface area (Å²) in [5.41, 5.74) is 3.99. The fourth-order valence-electron chi connectivity index (χ4n) is 2.57. The summed E-state index contributed by atoms with van der Waals surface area (Å²) in [6.07, 6.45) is 2.04. The highest BCUT2D eigenvalue weighted by atomic mass is 79.9. The fourth-order valence-corrected chi connectivity index (χ4v) is 4.04. The number of aryl methyl sites for hydroxylation is 1. The van der Waals surface area contributed by atoms with Crippen molar-refractivity contribution in [2.45, 2.75) is 13.8 Å². The molecular formula is C17H17BrN4OS2. The van der Waals surface area contributed by atoms with E-state index >= 15 is 0 Å². The lowest BCUT2D eigenvalue weighted by Crippen LogP contribution is -1.93. The van der Waals surface area contributed by atoms with Gasteiger partial charge in [0.25, 0.3) is 0 Å². The summed E-state index contributed by atoms with van der Waals surface area (Å²) < 4.78 is 7.55. The maximum Gasteiger partial charge on any atom is 0.194 e. The van der Waals surface area contributed by atoms with Gasteiger partial charge in [0.05, 0.1) is 18.0 Å². The summed E-state index contributed by atoms with van der Waals surface area (Å²) in [4.78, 5) is 10.3. The summed E-state index contributed by atoms with van der Waals surface area (Å²) >= 11 is 3.22. The second-order valence-electron chi connectivity index (χ2n) is 5.22. The zero-order chi connectivity index (χ0) is 16.5. The first kappa shape index (κ1) is 17.9. The molecule has 0 amide bonds. The van der Waals surface area contributed by atoms with E-state index in [-0.39, 0.29) is 17.0 Å². The first-order valence-corrected chi connectivity index (χ1v) is 9.38. The van der Waals surface area contributed by atoms with E-state index in [0.29, 0.717) is 6.61 Å². The number of benzene rings is 1. The van der Waals surface area contributed by atoms with Crippen LogP contribution in [0.1, 0.15) is 12.6 Å². The van der Waals surface area contributed by atoms with E-state index in [1.54, 1.807) is 22.7 Å². The lowest BCUT2D eigenvalue weighted by molar-refractivity contribution is 0.340. The van der Waals surface area contributed by atoms with Gasteiger partial charge in [-0.3, -0.25) is 4.40 Å². The minimum atomic E-state index is 0. The van der Waals surface area contributed by atoms with Crippen molar-refractivity contribution in [2.24, 2.45) is 0 Å². The van der Waals surface area contributed by atoms with Gasteiger partial charge >= 0.3 is 0 Å². The van der Waals surface area contributed by atoms with E-state index < -0.39 is 0 Å². The lowest BCUT2D eigenvalue weighted by Gasteiger charge is -2.05. The summed E-state index contributed by atoms with van der Waals surface area (Å²) in [5, 5.41) is 8.30. The molecule has 0 aliphatic heterocycles. The molecule has 130 valence electrons. The van der Waals surface area contributed by atoms with Crippen LogP contribution in [0.15, 0.2) is 41.2 Å². The molecule has 0 unspecified atom stereocenters. The van der Waals surface area contributed by atoms with Crippen molar-refractivity contribution < 1.29 is 4.74 Å². The van der Waals surface area contributed by atoms with Crippen LogP contribution in [0, 0.1) is 6.92 Å². The molecule has 8 heteroatoms. The maximum atomic E-state index is 5.46. The van der Waals surface area contributed by atoms with Crippen molar-refractivity contribution in [2.75, 3.05) is 11.9 Å². The molecule has 0 atom stereocenters. The third kappa shape index (κ3) is 3.56. The van der Waals surface area contributed by atoms with Gasteiger partial charge in [-0.15, -0.1) is 39.7 Å².